The Balaban J connectivity index is 2.00. The Morgan fingerprint density at radius 3 is 3.06 bits per heavy atom. The fraction of sp³-hybridized carbons (Fsp3) is 0.529. The van der Waals surface area contributed by atoms with Crippen molar-refractivity contribution < 1.29 is 4.74 Å². The van der Waals surface area contributed by atoms with Gasteiger partial charge in [0.1, 0.15) is 0 Å². The van der Waals surface area contributed by atoms with Gasteiger partial charge in [0.05, 0.1) is 13.2 Å². The van der Waals surface area contributed by atoms with Crippen molar-refractivity contribution in [3.8, 4) is 0 Å². The second-order valence-corrected chi connectivity index (χ2v) is 6.32. The van der Waals surface area contributed by atoms with E-state index in [1.165, 1.54) is 19.3 Å². The van der Waals surface area contributed by atoms with Crippen molar-refractivity contribution in [1.29, 1.82) is 0 Å². The third-order valence-corrected chi connectivity index (χ3v) is 5.74. The zero-order valence-electron chi connectivity index (χ0n) is 11.0. The van der Waals surface area contributed by atoms with Crippen LogP contribution in [0.5, 0.6) is 0 Å². The third-order valence-electron chi connectivity index (χ3n) is 5.74. The van der Waals surface area contributed by atoms with Crippen molar-refractivity contribution in [3.63, 3.8) is 0 Å². The molecule has 1 nitrogen and oxygen atoms in total. The summed E-state index contributed by atoms with van der Waals surface area (Å²) in [6, 6.07) is 9.06. The van der Waals surface area contributed by atoms with Crippen LogP contribution in [0.25, 0.3) is 0 Å². The van der Waals surface area contributed by atoms with Gasteiger partial charge in [0.15, 0.2) is 0 Å². The number of ether oxygens (including phenoxy) is 1. The normalized spacial score (nSPS) is 41.1. The van der Waals surface area contributed by atoms with Crippen molar-refractivity contribution in [1.82, 2.24) is 0 Å². The number of fused-ring (bicyclic) bond motifs is 1. The van der Waals surface area contributed by atoms with Crippen LogP contribution in [0, 0.1) is 11.3 Å². The van der Waals surface area contributed by atoms with Gasteiger partial charge in [-0.15, -0.1) is 0 Å². The SMILES string of the molecule is C[C@@H]1C=CCC23CCc4ccccc4C12COC3. The summed E-state index contributed by atoms with van der Waals surface area (Å²) in [4.78, 5) is 0. The highest BCUT2D eigenvalue weighted by molar-refractivity contribution is 5.44. The first-order chi connectivity index (χ1) is 8.79. The van der Waals surface area contributed by atoms with E-state index >= 15 is 0 Å². The van der Waals surface area contributed by atoms with Gasteiger partial charge in [-0.05, 0) is 36.3 Å². The van der Waals surface area contributed by atoms with Crippen LogP contribution in [0.2, 0.25) is 0 Å². The summed E-state index contributed by atoms with van der Waals surface area (Å²) in [7, 11) is 0. The molecule has 0 amide bonds. The van der Waals surface area contributed by atoms with Crippen molar-refractivity contribution in [2.75, 3.05) is 13.2 Å². The minimum absolute atomic E-state index is 0.247. The van der Waals surface area contributed by atoms with E-state index in [0.29, 0.717) is 11.3 Å². The first-order valence-electron chi connectivity index (χ1n) is 7.11. The molecule has 2 aliphatic carbocycles. The molecule has 1 heteroatoms. The van der Waals surface area contributed by atoms with Gasteiger partial charge in [0, 0.05) is 10.8 Å². The van der Waals surface area contributed by atoms with Gasteiger partial charge < -0.3 is 4.74 Å². The topological polar surface area (TPSA) is 9.23 Å². The molecule has 18 heavy (non-hydrogen) atoms. The lowest BCUT2D eigenvalue weighted by molar-refractivity contribution is 0.0997. The Hall–Kier alpha value is -1.08. The monoisotopic (exact) mass is 240 g/mol. The van der Waals surface area contributed by atoms with E-state index in [1.807, 2.05) is 0 Å². The lowest BCUT2D eigenvalue weighted by atomic mass is 9.48. The van der Waals surface area contributed by atoms with E-state index in [9.17, 15) is 0 Å². The van der Waals surface area contributed by atoms with Gasteiger partial charge in [-0.1, -0.05) is 43.3 Å². The van der Waals surface area contributed by atoms with Crippen molar-refractivity contribution in [3.05, 3.63) is 47.5 Å². The van der Waals surface area contributed by atoms with Crippen LogP contribution in [-0.4, -0.2) is 13.2 Å². The smallest absolute Gasteiger partial charge is 0.0575 e. The maximum Gasteiger partial charge on any atom is 0.0575 e. The van der Waals surface area contributed by atoms with E-state index in [1.54, 1.807) is 11.1 Å². The molecule has 1 heterocycles. The van der Waals surface area contributed by atoms with Crippen LogP contribution >= 0.6 is 0 Å². The third kappa shape index (κ3) is 1.07. The molecule has 3 atom stereocenters. The van der Waals surface area contributed by atoms with E-state index in [4.69, 9.17) is 4.74 Å². The number of hydrogen-bond donors (Lipinski definition) is 0. The second kappa shape index (κ2) is 3.48. The molecule has 0 spiro atoms. The van der Waals surface area contributed by atoms with Crippen LogP contribution in [0.3, 0.4) is 0 Å². The molecule has 1 saturated heterocycles. The molecule has 3 aliphatic rings. The first-order valence-corrected chi connectivity index (χ1v) is 7.11. The maximum absolute atomic E-state index is 6.01. The summed E-state index contributed by atoms with van der Waals surface area (Å²) in [5, 5.41) is 0. The molecular formula is C17H20O. The van der Waals surface area contributed by atoms with Crippen LogP contribution in [-0.2, 0) is 16.6 Å². The lowest BCUT2D eigenvalue weighted by Crippen LogP contribution is -2.53. The predicted octanol–water partition coefficient (Wildman–Crippen LogP) is 3.48. The van der Waals surface area contributed by atoms with Gasteiger partial charge >= 0.3 is 0 Å². The quantitative estimate of drug-likeness (QED) is 0.631. The van der Waals surface area contributed by atoms with Crippen LogP contribution in [0.4, 0.5) is 0 Å². The molecule has 94 valence electrons. The molecule has 4 rings (SSSR count). The molecular weight excluding hydrogens is 220 g/mol. The van der Waals surface area contributed by atoms with E-state index in [-0.39, 0.29) is 5.41 Å². The average Bonchev–Trinajstić information content (AvgIpc) is 2.81. The fourth-order valence-electron chi connectivity index (χ4n) is 4.76. The number of rotatable bonds is 0. The van der Waals surface area contributed by atoms with E-state index in [2.05, 4.69) is 43.3 Å². The summed E-state index contributed by atoms with van der Waals surface area (Å²) < 4.78 is 6.01. The van der Waals surface area contributed by atoms with Gasteiger partial charge in [-0.3, -0.25) is 0 Å². The molecule has 0 bridgehead atoms. The molecule has 0 N–H and O–H groups in total. The number of benzene rings is 1. The lowest BCUT2D eigenvalue weighted by Gasteiger charge is -2.53. The van der Waals surface area contributed by atoms with Crippen LogP contribution < -0.4 is 0 Å². The molecule has 0 radical (unpaired) electrons. The summed E-state index contributed by atoms with van der Waals surface area (Å²) >= 11 is 0. The fourth-order valence-corrected chi connectivity index (χ4v) is 4.76. The van der Waals surface area contributed by atoms with Gasteiger partial charge in [-0.25, -0.2) is 0 Å². The maximum atomic E-state index is 6.01. The predicted molar refractivity (Wildman–Crippen MR) is 72.6 cm³/mol. The number of hydrogen-bond acceptors (Lipinski definition) is 1. The molecule has 1 aliphatic heterocycles. The molecule has 2 unspecified atom stereocenters. The van der Waals surface area contributed by atoms with Gasteiger partial charge in [0.2, 0.25) is 0 Å². The molecule has 0 saturated carbocycles. The Kier molecular flexibility index (Phi) is 2.09. The van der Waals surface area contributed by atoms with Crippen molar-refractivity contribution in [2.24, 2.45) is 11.3 Å². The number of aryl methyl sites for hydroxylation is 1. The average molecular weight is 240 g/mol. The Morgan fingerprint density at radius 1 is 1.22 bits per heavy atom. The Labute approximate surface area is 109 Å². The highest BCUT2D eigenvalue weighted by Gasteiger charge is 2.61. The zero-order valence-corrected chi connectivity index (χ0v) is 11.0. The van der Waals surface area contributed by atoms with Crippen molar-refractivity contribution >= 4 is 0 Å². The summed E-state index contributed by atoms with van der Waals surface area (Å²) in [6.45, 7) is 4.24. The molecule has 1 fully saturated rings. The number of allylic oxidation sites excluding steroid dienone is 2. The minimum atomic E-state index is 0.247. The second-order valence-electron chi connectivity index (χ2n) is 6.32. The Bertz CT molecular complexity index is 518. The summed E-state index contributed by atoms with van der Waals surface area (Å²) in [5.74, 6) is 0.593. The molecule has 1 aromatic carbocycles. The first kappa shape index (κ1) is 10.8. The minimum Gasteiger partial charge on any atom is -0.380 e. The van der Waals surface area contributed by atoms with Gasteiger partial charge in [0.25, 0.3) is 0 Å². The van der Waals surface area contributed by atoms with Crippen LogP contribution in [0.15, 0.2) is 36.4 Å². The largest absolute Gasteiger partial charge is 0.380 e. The van der Waals surface area contributed by atoms with Gasteiger partial charge in [-0.2, -0.15) is 0 Å². The highest BCUT2D eigenvalue weighted by atomic mass is 16.5. The van der Waals surface area contributed by atoms with Crippen molar-refractivity contribution in [2.45, 2.75) is 31.6 Å². The van der Waals surface area contributed by atoms with E-state index in [0.717, 1.165) is 13.2 Å². The Morgan fingerprint density at radius 2 is 2.11 bits per heavy atom. The highest BCUT2D eigenvalue weighted by Crippen LogP contribution is 2.61. The standard InChI is InChI=1S/C17H20O/c1-13-5-4-9-16-10-8-14-6-2-3-7-15(14)17(13,16)12-18-11-16/h2-7,13H,8-12H2,1H3/t13-,16?,17?/m1/s1. The molecule has 0 aromatic heterocycles. The van der Waals surface area contributed by atoms with E-state index < -0.39 is 0 Å². The molecule has 1 aromatic rings. The zero-order chi connectivity index (χ0) is 12.2. The van der Waals surface area contributed by atoms with Crippen LogP contribution in [0.1, 0.15) is 30.9 Å². The summed E-state index contributed by atoms with van der Waals surface area (Å²) in [5.41, 5.74) is 3.75. The summed E-state index contributed by atoms with van der Waals surface area (Å²) in [6.07, 6.45) is 8.52.